The summed E-state index contributed by atoms with van der Waals surface area (Å²) < 4.78 is 1.21. The molecule has 2 nitrogen and oxygen atoms in total. The minimum Gasteiger partial charge on any atom is -0.356 e. The van der Waals surface area contributed by atoms with Gasteiger partial charge in [0.15, 0.2) is 0 Å². The minimum atomic E-state index is 0.170. The Morgan fingerprint density at radius 2 is 1.88 bits per heavy atom. The lowest BCUT2D eigenvalue weighted by Crippen LogP contribution is -2.24. The molecule has 0 heterocycles. The number of unbranched alkanes of at least 4 members (excludes halogenated alkanes) is 2. The number of hydrogen-bond acceptors (Lipinski definition) is 1. The van der Waals surface area contributed by atoms with Crippen molar-refractivity contribution in [2.75, 3.05) is 11.0 Å². The highest BCUT2D eigenvalue weighted by molar-refractivity contribution is 14.1. The number of halogens is 1. The highest BCUT2D eigenvalue weighted by atomic mass is 127. The second kappa shape index (κ2) is 9.45. The third kappa shape index (κ3) is 7.36. The molecule has 0 radical (unpaired) electrons. The molecular formula is C14H20INO. The molecule has 3 heteroatoms. The van der Waals surface area contributed by atoms with E-state index in [0.717, 1.165) is 19.4 Å². The number of aryl methyl sites for hydroxylation is 1. The third-order valence-electron chi connectivity index (χ3n) is 2.62. The average molecular weight is 345 g/mol. The normalized spacial score (nSPS) is 10.2. The van der Waals surface area contributed by atoms with Crippen LogP contribution in [0.5, 0.6) is 0 Å². The van der Waals surface area contributed by atoms with E-state index < -0.39 is 0 Å². The van der Waals surface area contributed by atoms with Crippen molar-refractivity contribution in [1.82, 2.24) is 5.32 Å². The molecule has 0 unspecified atom stereocenters. The van der Waals surface area contributed by atoms with Crippen molar-refractivity contribution in [3.8, 4) is 0 Å². The van der Waals surface area contributed by atoms with E-state index in [2.05, 4.69) is 40.0 Å². The zero-order valence-corrected chi connectivity index (χ0v) is 12.3. The van der Waals surface area contributed by atoms with Crippen LogP contribution in [-0.4, -0.2) is 16.9 Å². The van der Waals surface area contributed by atoms with Crippen molar-refractivity contribution in [3.05, 3.63) is 35.9 Å². The zero-order valence-electron chi connectivity index (χ0n) is 10.1. The topological polar surface area (TPSA) is 29.1 Å². The molecule has 0 saturated heterocycles. The first-order chi connectivity index (χ1) is 8.33. The van der Waals surface area contributed by atoms with Gasteiger partial charge in [-0.05, 0) is 29.3 Å². The number of amides is 1. The molecule has 0 aromatic heterocycles. The first-order valence-corrected chi connectivity index (χ1v) is 7.72. The van der Waals surface area contributed by atoms with Gasteiger partial charge in [0.25, 0.3) is 0 Å². The van der Waals surface area contributed by atoms with E-state index in [1.165, 1.54) is 22.8 Å². The zero-order chi connectivity index (χ0) is 12.3. The van der Waals surface area contributed by atoms with Crippen LogP contribution >= 0.6 is 22.6 Å². The highest BCUT2D eigenvalue weighted by Gasteiger charge is 2.00. The maximum atomic E-state index is 11.5. The largest absolute Gasteiger partial charge is 0.356 e. The van der Waals surface area contributed by atoms with Crippen molar-refractivity contribution in [2.45, 2.75) is 32.1 Å². The van der Waals surface area contributed by atoms with Crippen molar-refractivity contribution in [2.24, 2.45) is 0 Å². The second-order valence-electron chi connectivity index (χ2n) is 4.09. The summed E-state index contributed by atoms with van der Waals surface area (Å²) in [6.07, 6.45) is 4.99. The van der Waals surface area contributed by atoms with Crippen LogP contribution in [0, 0.1) is 0 Å². The summed E-state index contributed by atoms with van der Waals surface area (Å²) in [5.41, 5.74) is 1.23. The molecule has 94 valence electrons. The van der Waals surface area contributed by atoms with Crippen LogP contribution in [0.3, 0.4) is 0 Å². The monoisotopic (exact) mass is 345 g/mol. The molecule has 0 spiro atoms. The van der Waals surface area contributed by atoms with Crippen molar-refractivity contribution >= 4 is 28.5 Å². The van der Waals surface area contributed by atoms with E-state index in [0.29, 0.717) is 6.42 Å². The molecule has 0 bridgehead atoms. The Hall–Kier alpha value is -0.580. The minimum absolute atomic E-state index is 0.170. The quantitative estimate of drug-likeness (QED) is 0.437. The maximum Gasteiger partial charge on any atom is 0.220 e. The fourth-order valence-electron chi connectivity index (χ4n) is 1.62. The molecule has 17 heavy (non-hydrogen) atoms. The standard InChI is InChI=1S/C14H20INO/c15-11-5-2-6-12-16-14(17)10-9-13-7-3-1-4-8-13/h1,3-4,7-8H,2,5-6,9-12H2,(H,16,17). The van der Waals surface area contributed by atoms with Gasteiger partial charge in [-0.25, -0.2) is 0 Å². The maximum absolute atomic E-state index is 11.5. The van der Waals surface area contributed by atoms with Crippen LogP contribution in [-0.2, 0) is 11.2 Å². The van der Waals surface area contributed by atoms with Gasteiger partial charge < -0.3 is 5.32 Å². The van der Waals surface area contributed by atoms with E-state index in [9.17, 15) is 4.79 Å². The lowest BCUT2D eigenvalue weighted by molar-refractivity contribution is -0.121. The molecule has 1 rings (SSSR count). The molecule has 0 atom stereocenters. The molecule has 1 aromatic rings. The Balaban J connectivity index is 2.05. The lowest BCUT2D eigenvalue weighted by Gasteiger charge is -2.04. The van der Waals surface area contributed by atoms with Gasteiger partial charge in [-0.2, -0.15) is 0 Å². The number of carbonyl (C=O) groups is 1. The third-order valence-corrected chi connectivity index (χ3v) is 3.38. The lowest BCUT2D eigenvalue weighted by atomic mass is 10.1. The number of benzene rings is 1. The average Bonchev–Trinajstić information content (AvgIpc) is 2.37. The molecule has 0 aliphatic heterocycles. The Morgan fingerprint density at radius 1 is 1.12 bits per heavy atom. The Morgan fingerprint density at radius 3 is 2.59 bits per heavy atom. The molecule has 1 aromatic carbocycles. The molecule has 1 N–H and O–H groups in total. The molecule has 1 amide bonds. The van der Waals surface area contributed by atoms with E-state index in [4.69, 9.17) is 0 Å². The molecular weight excluding hydrogens is 325 g/mol. The van der Waals surface area contributed by atoms with Crippen LogP contribution in [0.4, 0.5) is 0 Å². The second-order valence-corrected chi connectivity index (χ2v) is 5.16. The number of hydrogen-bond donors (Lipinski definition) is 1. The van der Waals surface area contributed by atoms with Gasteiger partial charge >= 0.3 is 0 Å². The van der Waals surface area contributed by atoms with Crippen LogP contribution in [0.1, 0.15) is 31.2 Å². The number of rotatable bonds is 8. The van der Waals surface area contributed by atoms with Gasteiger partial charge in [0.05, 0.1) is 0 Å². The first-order valence-electron chi connectivity index (χ1n) is 6.19. The van der Waals surface area contributed by atoms with Crippen molar-refractivity contribution in [1.29, 1.82) is 0 Å². The van der Waals surface area contributed by atoms with Gasteiger partial charge in [0.2, 0.25) is 5.91 Å². The summed E-state index contributed by atoms with van der Waals surface area (Å²) >= 11 is 2.39. The molecule has 0 aliphatic rings. The van der Waals surface area contributed by atoms with Crippen molar-refractivity contribution in [3.63, 3.8) is 0 Å². The predicted molar refractivity (Wildman–Crippen MR) is 80.5 cm³/mol. The van der Waals surface area contributed by atoms with E-state index >= 15 is 0 Å². The predicted octanol–water partition coefficient (Wildman–Crippen LogP) is 3.34. The van der Waals surface area contributed by atoms with Crippen LogP contribution < -0.4 is 5.32 Å². The summed E-state index contributed by atoms with van der Waals surface area (Å²) in [5.74, 6) is 0.170. The smallest absolute Gasteiger partial charge is 0.220 e. The van der Waals surface area contributed by atoms with E-state index in [-0.39, 0.29) is 5.91 Å². The Kier molecular flexibility index (Phi) is 8.05. The van der Waals surface area contributed by atoms with Gasteiger partial charge in [-0.15, -0.1) is 0 Å². The number of nitrogens with one attached hydrogen (secondary N) is 1. The SMILES string of the molecule is O=C(CCc1ccccc1)NCCCCCI. The van der Waals surface area contributed by atoms with Gasteiger partial charge in [-0.3, -0.25) is 4.79 Å². The summed E-state index contributed by atoms with van der Waals surface area (Å²) in [5, 5.41) is 2.97. The van der Waals surface area contributed by atoms with Crippen LogP contribution in [0.15, 0.2) is 30.3 Å². The fourth-order valence-corrected chi connectivity index (χ4v) is 2.15. The Labute approximate surface area is 117 Å². The first kappa shape index (κ1) is 14.5. The van der Waals surface area contributed by atoms with Gasteiger partial charge in [0.1, 0.15) is 0 Å². The summed E-state index contributed by atoms with van der Waals surface area (Å²) in [6.45, 7) is 0.824. The van der Waals surface area contributed by atoms with E-state index in [1.807, 2.05) is 18.2 Å². The van der Waals surface area contributed by atoms with E-state index in [1.54, 1.807) is 0 Å². The number of carbonyl (C=O) groups excluding carboxylic acids is 1. The summed E-state index contributed by atoms with van der Waals surface area (Å²) in [4.78, 5) is 11.5. The van der Waals surface area contributed by atoms with Gasteiger partial charge in [0, 0.05) is 13.0 Å². The van der Waals surface area contributed by atoms with Crippen LogP contribution in [0.2, 0.25) is 0 Å². The highest BCUT2D eigenvalue weighted by Crippen LogP contribution is 2.02. The fraction of sp³-hybridized carbons (Fsp3) is 0.500. The summed E-state index contributed by atoms with van der Waals surface area (Å²) in [6, 6.07) is 10.1. The van der Waals surface area contributed by atoms with Crippen molar-refractivity contribution < 1.29 is 4.79 Å². The molecule has 0 saturated carbocycles. The molecule has 0 aliphatic carbocycles. The van der Waals surface area contributed by atoms with Crippen LogP contribution in [0.25, 0.3) is 0 Å². The van der Waals surface area contributed by atoms with Gasteiger partial charge in [-0.1, -0.05) is 59.3 Å². The molecule has 0 fully saturated rings. The number of alkyl halides is 1. The summed E-state index contributed by atoms with van der Waals surface area (Å²) in [7, 11) is 0. The Bertz CT molecular complexity index is 313.